The average Bonchev–Trinajstić information content (AvgIpc) is 2.53. The van der Waals surface area contributed by atoms with Gasteiger partial charge in [0.25, 0.3) is 0 Å². The van der Waals surface area contributed by atoms with Crippen molar-refractivity contribution >= 4 is 11.9 Å². The summed E-state index contributed by atoms with van der Waals surface area (Å²) in [5.74, 6) is 0.0804. The molecule has 1 aromatic carbocycles. The van der Waals surface area contributed by atoms with Crippen LogP contribution in [0.1, 0.15) is 51.2 Å². The van der Waals surface area contributed by atoms with E-state index >= 15 is 0 Å². The fraction of sp³-hybridized carbons (Fsp3) is 0.529. The molecule has 0 aliphatic heterocycles. The van der Waals surface area contributed by atoms with Gasteiger partial charge in [-0.25, -0.2) is 10.5 Å². The highest BCUT2D eigenvalue weighted by Gasteiger charge is 2.18. The summed E-state index contributed by atoms with van der Waals surface area (Å²) in [6, 6.07) is 8.14. The summed E-state index contributed by atoms with van der Waals surface area (Å²) in [6.07, 6.45) is 1.14. The first kappa shape index (κ1) is 19.0. The van der Waals surface area contributed by atoms with E-state index in [-0.39, 0.29) is 17.8 Å². The molecule has 0 saturated heterocycles. The topological polar surface area (TPSA) is 99.7 Å². The quantitative estimate of drug-likeness (QED) is 0.351. The zero-order valence-electron chi connectivity index (χ0n) is 14.3. The zero-order valence-corrected chi connectivity index (χ0v) is 14.3. The Morgan fingerprint density at radius 3 is 2.35 bits per heavy atom. The molecule has 23 heavy (non-hydrogen) atoms. The Morgan fingerprint density at radius 2 is 1.87 bits per heavy atom. The van der Waals surface area contributed by atoms with Crippen LogP contribution in [-0.2, 0) is 11.2 Å². The highest BCUT2D eigenvalue weighted by molar-refractivity contribution is 5.84. The van der Waals surface area contributed by atoms with Crippen molar-refractivity contribution in [1.29, 1.82) is 0 Å². The molecule has 0 saturated carbocycles. The van der Waals surface area contributed by atoms with Crippen molar-refractivity contribution in [1.82, 2.24) is 10.8 Å². The standard InChI is InChI=1S/C17H28N4O2/c1-5-15(20-17(18)21-23)19-16(22)12(4)14-8-6-13(7-9-14)10-11(2)3/h6-9,11-12,15,23H,5,10H2,1-4H3,(H,19,22)(H3,18,20,21)/t12-,15+/m1/s1. The van der Waals surface area contributed by atoms with Crippen molar-refractivity contribution in [3.8, 4) is 0 Å². The SMILES string of the molecule is CC[C@H](/N=C(\N)NO)NC(=O)[C@H](C)c1ccc(CC(C)C)cc1. The Hall–Kier alpha value is -2.08. The normalized spacial score (nSPS) is 14.4. The number of hydrogen-bond donors (Lipinski definition) is 4. The van der Waals surface area contributed by atoms with Crippen LogP contribution in [0.3, 0.4) is 0 Å². The summed E-state index contributed by atoms with van der Waals surface area (Å²) in [4.78, 5) is 16.3. The molecule has 0 fully saturated rings. The van der Waals surface area contributed by atoms with Gasteiger partial charge in [0, 0.05) is 0 Å². The van der Waals surface area contributed by atoms with E-state index in [9.17, 15) is 4.79 Å². The largest absolute Gasteiger partial charge is 0.368 e. The number of guanidine groups is 1. The zero-order chi connectivity index (χ0) is 17.4. The average molecular weight is 320 g/mol. The summed E-state index contributed by atoms with van der Waals surface area (Å²) >= 11 is 0. The van der Waals surface area contributed by atoms with E-state index in [2.05, 4.69) is 36.3 Å². The number of carbonyl (C=O) groups excluding carboxylic acids is 1. The van der Waals surface area contributed by atoms with Crippen LogP contribution in [0, 0.1) is 5.92 Å². The first-order valence-corrected chi connectivity index (χ1v) is 7.99. The van der Waals surface area contributed by atoms with Crippen molar-refractivity contribution in [2.24, 2.45) is 16.6 Å². The number of benzene rings is 1. The van der Waals surface area contributed by atoms with Crippen molar-refractivity contribution in [2.45, 2.75) is 52.6 Å². The van der Waals surface area contributed by atoms with Gasteiger partial charge >= 0.3 is 0 Å². The number of nitrogens with two attached hydrogens (primary N) is 1. The molecule has 1 amide bonds. The molecule has 5 N–H and O–H groups in total. The van der Waals surface area contributed by atoms with Crippen LogP contribution < -0.4 is 16.5 Å². The van der Waals surface area contributed by atoms with E-state index in [0.29, 0.717) is 12.3 Å². The molecule has 0 aromatic heterocycles. The first-order chi connectivity index (χ1) is 10.9. The molecule has 0 spiro atoms. The molecular weight excluding hydrogens is 292 g/mol. The predicted molar refractivity (Wildman–Crippen MR) is 92.2 cm³/mol. The molecule has 1 rings (SSSR count). The molecule has 6 heteroatoms. The van der Waals surface area contributed by atoms with Crippen molar-refractivity contribution in [3.63, 3.8) is 0 Å². The van der Waals surface area contributed by atoms with Gasteiger partial charge in [0.15, 0.2) is 0 Å². The molecule has 2 atom stereocenters. The highest BCUT2D eigenvalue weighted by Crippen LogP contribution is 2.18. The molecule has 0 heterocycles. The summed E-state index contributed by atoms with van der Waals surface area (Å²) < 4.78 is 0. The smallest absolute Gasteiger partial charge is 0.228 e. The molecule has 0 aliphatic carbocycles. The molecular formula is C17H28N4O2. The monoisotopic (exact) mass is 320 g/mol. The van der Waals surface area contributed by atoms with E-state index in [0.717, 1.165) is 12.0 Å². The fourth-order valence-electron chi connectivity index (χ4n) is 2.28. The summed E-state index contributed by atoms with van der Waals surface area (Å²) in [7, 11) is 0. The Labute approximate surface area is 138 Å². The minimum absolute atomic E-state index is 0.122. The van der Waals surface area contributed by atoms with Gasteiger partial charge in [-0.3, -0.25) is 10.0 Å². The third-order valence-electron chi connectivity index (χ3n) is 3.62. The second-order valence-electron chi connectivity index (χ2n) is 6.12. The minimum atomic E-state index is -0.468. The Balaban J connectivity index is 2.72. The molecule has 6 nitrogen and oxygen atoms in total. The molecule has 0 aliphatic rings. The van der Waals surface area contributed by atoms with Crippen molar-refractivity contribution in [2.75, 3.05) is 0 Å². The Kier molecular flexibility index (Phi) is 7.54. The van der Waals surface area contributed by atoms with Gasteiger partial charge in [0.05, 0.1) is 5.92 Å². The number of hydrogen-bond acceptors (Lipinski definition) is 3. The maximum Gasteiger partial charge on any atom is 0.228 e. The van der Waals surface area contributed by atoms with Crippen LogP contribution in [0.2, 0.25) is 0 Å². The van der Waals surface area contributed by atoms with E-state index in [1.165, 1.54) is 5.56 Å². The maximum absolute atomic E-state index is 12.3. The maximum atomic E-state index is 12.3. The number of carbonyl (C=O) groups is 1. The minimum Gasteiger partial charge on any atom is -0.368 e. The highest BCUT2D eigenvalue weighted by atomic mass is 16.5. The lowest BCUT2D eigenvalue weighted by atomic mass is 9.96. The van der Waals surface area contributed by atoms with Gasteiger partial charge in [-0.05, 0) is 36.8 Å². The fourth-order valence-corrected chi connectivity index (χ4v) is 2.28. The Bertz CT molecular complexity index is 526. The lowest BCUT2D eigenvalue weighted by Gasteiger charge is -2.18. The van der Waals surface area contributed by atoms with Crippen LogP contribution in [0.5, 0.6) is 0 Å². The van der Waals surface area contributed by atoms with Crippen LogP contribution in [0.25, 0.3) is 0 Å². The van der Waals surface area contributed by atoms with E-state index in [4.69, 9.17) is 10.9 Å². The number of amides is 1. The van der Waals surface area contributed by atoms with Crippen LogP contribution in [-0.4, -0.2) is 23.2 Å². The summed E-state index contributed by atoms with van der Waals surface area (Å²) in [6.45, 7) is 8.10. The third-order valence-corrected chi connectivity index (χ3v) is 3.62. The second kappa shape index (κ2) is 9.15. The van der Waals surface area contributed by atoms with Crippen molar-refractivity contribution in [3.05, 3.63) is 35.4 Å². The van der Waals surface area contributed by atoms with Crippen molar-refractivity contribution < 1.29 is 10.0 Å². The van der Waals surface area contributed by atoms with E-state index in [1.807, 2.05) is 26.0 Å². The van der Waals surface area contributed by atoms with Crippen LogP contribution in [0.15, 0.2) is 29.3 Å². The van der Waals surface area contributed by atoms with E-state index < -0.39 is 6.17 Å². The van der Waals surface area contributed by atoms with Gasteiger partial charge in [0.1, 0.15) is 6.17 Å². The summed E-state index contributed by atoms with van der Waals surface area (Å²) in [5.41, 5.74) is 9.40. The first-order valence-electron chi connectivity index (χ1n) is 7.99. The second-order valence-corrected chi connectivity index (χ2v) is 6.12. The molecule has 0 unspecified atom stereocenters. The Morgan fingerprint density at radius 1 is 1.26 bits per heavy atom. The van der Waals surface area contributed by atoms with Gasteiger partial charge in [-0.1, -0.05) is 45.0 Å². The van der Waals surface area contributed by atoms with Gasteiger partial charge in [-0.2, -0.15) is 0 Å². The molecule has 128 valence electrons. The van der Waals surface area contributed by atoms with E-state index in [1.54, 1.807) is 5.48 Å². The number of aliphatic imine (C=N–C) groups is 1. The predicted octanol–water partition coefficient (Wildman–Crippen LogP) is 2.13. The molecule has 0 radical (unpaired) electrons. The number of rotatable bonds is 7. The number of nitrogens with one attached hydrogen (secondary N) is 2. The van der Waals surface area contributed by atoms with Gasteiger partial charge < -0.3 is 11.1 Å². The molecule has 1 aromatic rings. The third kappa shape index (κ3) is 6.28. The lowest BCUT2D eigenvalue weighted by Crippen LogP contribution is -2.39. The van der Waals surface area contributed by atoms with Gasteiger partial charge in [-0.15, -0.1) is 0 Å². The number of hydroxylamine groups is 1. The van der Waals surface area contributed by atoms with Gasteiger partial charge in [0.2, 0.25) is 11.9 Å². The van der Waals surface area contributed by atoms with Crippen LogP contribution >= 0.6 is 0 Å². The number of nitrogens with zero attached hydrogens (tertiary/aromatic N) is 1. The summed E-state index contributed by atoms with van der Waals surface area (Å²) in [5, 5.41) is 11.5. The lowest BCUT2D eigenvalue weighted by molar-refractivity contribution is -0.122. The molecule has 0 bridgehead atoms. The van der Waals surface area contributed by atoms with Crippen LogP contribution in [0.4, 0.5) is 0 Å².